The highest BCUT2D eigenvalue weighted by molar-refractivity contribution is 6.09. The minimum atomic E-state index is -4.56. The fraction of sp³-hybridized carbons (Fsp3) is 0.636. The van der Waals surface area contributed by atoms with E-state index in [2.05, 4.69) is 24.2 Å². The molecule has 2 atom stereocenters. The van der Waals surface area contributed by atoms with Gasteiger partial charge >= 0.3 is 6.18 Å². The SMILES string of the molecule is CCC(C)C(=NC(=NC)c1ccc(OCCCCO)c(C(F)(F)F)c1)C1CCCN1. The fourth-order valence-electron chi connectivity index (χ4n) is 3.46. The van der Waals surface area contributed by atoms with Crippen molar-refractivity contribution in [1.82, 2.24) is 5.32 Å². The average Bonchev–Trinajstić information content (AvgIpc) is 3.25. The lowest BCUT2D eigenvalue weighted by atomic mass is 9.95. The van der Waals surface area contributed by atoms with Gasteiger partial charge in [0.15, 0.2) is 5.84 Å². The van der Waals surface area contributed by atoms with Crippen LogP contribution in [0.5, 0.6) is 5.75 Å². The van der Waals surface area contributed by atoms with Crippen LogP contribution >= 0.6 is 0 Å². The Bertz CT molecular complexity index is 742. The molecule has 0 amide bonds. The van der Waals surface area contributed by atoms with Crippen molar-refractivity contribution in [1.29, 1.82) is 0 Å². The second-order valence-corrected chi connectivity index (χ2v) is 7.53. The minimum absolute atomic E-state index is 0.0167. The maximum atomic E-state index is 13.7. The van der Waals surface area contributed by atoms with Crippen LogP contribution in [0.15, 0.2) is 28.2 Å². The molecule has 0 aromatic heterocycles. The first-order valence-electron chi connectivity index (χ1n) is 10.6. The van der Waals surface area contributed by atoms with Crippen LogP contribution in [0.4, 0.5) is 13.2 Å². The maximum Gasteiger partial charge on any atom is 0.419 e. The monoisotopic (exact) mass is 427 g/mol. The standard InChI is InChI=1S/C22H32F3N3O2/c1-4-15(2)20(18-8-7-11-27-18)28-21(26-3)16-9-10-19(30-13-6-5-12-29)17(14-16)22(23,24)25/h9-10,14-15,18,27,29H,4-8,11-13H2,1-3H3. The summed E-state index contributed by atoms with van der Waals surface area (Å²) in [6.45, 7) is 5.16. The summed E-state index contributed by atoms with van der Waals surface area (Å²) in [6, 6.07) is 4.09. The number of aliphatic hydroxyl groups excluding tert-OH is 1. The van der Waals surface area contributed by atoms with Gasteiger partial charge in [-0.3, -0.25) is 4.99 Å². The van der Waals surface area contributed by atoms with Crippen molar-refractivity contribution in [2.75, 3.05) is 26.8 Å². The molecule has 0 saturated carbocycles. The molecule has 5 nitrogen and oxygen atoms in total. The number of ether oxygens (including phenoxy) is 1. The first-order chi connectivity index (χ1) is 14.3. The highest BCUT2D eigenvalue weighted by Gasteiger charge is 2.35. The smallest absolute Gasteiger partial charge is 0.419 e. The van der Waals surface area contributed by atoms with Gasteiger partial charge in [-0.05, 0) is 62.8 Å². The summed E-state index contributed by atoms with van der Waals surface area (Å²) in [5, 5.41) is 12.2. The molecule has 1 aliphatic heterocycles. The molecule has 2 N–H and O–H groups in total. The van der Waals surface area contributed by atoms with E-state index in [1.54, 1.807) is 13.1 Å². The van der Waals surface area contributed by atoms with Gasteiger partial charge in [0.25, 0.3) is 0 Å². The second-order valence-electron chi connectivity index (χ2n) is 7.53. The zero-order valence-electron chi connectivity index (χ0n) is 17.9. The quantitative estimate of drug-likeness (QED) is 0.347. The van der Waals surface area contributed by atoms with E-state index in [4.69, 9.17) is 14.8 Å². The summed E-state index contributed by atoms with van der Waals surface area (Å²) in [6.07, 6.45) is -0.684. The topological polar surface area (TPSA) is 66.2 Å². The third-order valence-electron chi connectivity index (χ3n) is 5.33. The highest BCUT2D eigenvalue weighted by atomic mass is 19.4. The third-order valence-corrected chi connectivity index (χ3v) is 5.33. The van der Waals surface area contributed by atoms with Gasteiger partial charge in [-0.25, -0.2) is 4.99 Å². The van der Waals surface area contributed by atoms with Crippen molar-refractivity contribution in [3.8, 4) is 5.75 Å². The largest absolute Gasteiger partial charge is 0.493 e. The Morgan fingerprint density at radius 3 is 2.67 bits per heavy atom. The molecule has 0 radical (unpaired) electrons. The number of rotatable bonds is 9. The molecule has 1 aromatic carbocycles. The molecule has 1 aliphatic rings. The van der Waals surface area contributed by atoms with Gasteiger partial charge in [-0.15, -0.1) is 0 Å². The predicted molar refractivity (Wildman–Crippen MR) is 114 cm³/mol. The minimum Gasteiger partial charge on any atom is -0.493 e. The summed E-state index contributed by atoms with van der Waals surface area (Å²) >= 11 is 0. The Balaban J connectivity index is 2.36. The number of benzene rings is 1. The Morgan fingerprint density at radius 1 is 1.33 bits per heavy atom. The van der Waals surface area contributed by atoms with Gasteiger partial charge in [0.05, 0.1) is 12.2 Å². The molecule has 1 aromatic rings. The second kappa shape index (κ2) is 11.5. The number of alkyl halides is 3. The van der Waals surface area contributed by atoms with Gasteiger partial charge in [0, 0.05) is 31.0 Å². The number of amidine groups is 1. The third kappa shape index (κ3) is 6.54. The van der Waals surface area contributed by atoms with Gasteiger partial charge in [0.1, 0.15) is 5.75 Å². The number of hydrogen-bond donors (Lipinski definition) is 2. The molecule has 2 rings (SSSR count). The van der Waals surface area contributed by atoms with Crippen molar-refractivity contribution < 1.29 is 23.0 Å². The van der Waals surface area contributed by atoms with Crippen LogP contribution in [-0.2, 0) is 6.18 Å². The van der Waals surface area contributed by atoms with Crippen molar-refractivity contribution >= 4 is 11.5 Å². The number of aliphatic imine (C=N–C) groups is 2. The predicted octanol–water partition coefficient (Wildman–Crippen LogP) is 4.47. The molecule has 1 saturated heterocycles. The summed E-state index contributed by atoms with van der Waals surface area (Å²) in [4.78, 5) is 8.92. The van der Waals surface area contributed by atoms with Gasteiger partial charge in [-0.2, -0.15) is 13.2 Å². The Labute approximate surface area is 176 Å². The number of nitrogens with one attached hydrogen (secondary N) is 1. The van der Waals surface area contributed by atoms with E-state index in [1.807, 2.05) is 0 Å². The van der Waals surface area contributed by atoms with E-state index >= 15 is 0 Å². The molecule has 2 unspecified atom stereocenters. The summed E-state index contributed by atoms with van der Waals surface area (Å²) in [5.74, 6) is 0.271. The molecule has 1 heterocycles. The lowest BCUT2D eigenvalue weighted by molar-refractivity contribution is -0.139. The van der Waals surface area contributed by atoms with Gasteiger partial charge < -0.3 is 15.2 Å². The van der Waals surface area contributed by atoms with E-state index in [1.165, 1.54) is 6.07 Å². The molecule has 0 spiro atoms. The first-order valence-corrected chi connectivity index (χ1v) is 10.6. The van der Waals surface area contributed by atoms with Crippen LogP contribution in [0.3, 0.4) is 0 Å². The van der Waals surface area contributed by atoms with Crippen LogP contribution in [0.2, 0.25) is 0 Å². The Morgan fingerprint density at radius 2 is 2.10 bits per heavy atom. The van der Waals surface area contributed by atoms with Gasteiger partial charge in [0.2, 0.25) is 0 Å². The molecular formula is C22H32F3N3O2. The van der Waals surface area contributed by atoms with Crippen LogP contribution < -0.4 is 10.1 Å². The maximum absolute atomic E-state index is 13.7. The van der Waals surface area contributed by atoms with Crippen molar-refractivity contribution in [3.05, 3.63) is 29.3 Å². The van der Waals surface area contributed by atoms with E-state index < -0.39 is 11.7 Å². The van der Waals surface area contributed by atoms with E-state index in [9.17, 15) is 13.2 Å². The normalized spacial score (nSPS) is 19.2. The van der Waals surface area contributed by atoms with Crippen LogP contribution in [-0.4, -0.2) is 49.5 Å². The molecular weight excluding hydrogens is 395 g/mol. The number of hydrogen-bond acceptors (Lipinski definition) is 4. The van der Waals surface area contributed by atoms with Crippen LogP contribution in [0, 0.1) is 5.92 Å². The van der Waals surface area contributed by atoms with E-state index in [0.29, 0.717) is 18.4 Å². The van der Waals surface area contributed by atoms with Crippen molar-refractivity contribution in [3.63, 3.8) is 0 Å². The Hall–Kier alpha value is -1.93. The molecule has 1 fully saturated rings. The molecule has 0 bridgehead atoms. The number of unbranched alkanes of at least 4 members (excludes halogenated alkanes) is 1. The zero-order valence-corrected chi connectivity index (χ0v) is 17.9. The average molecular weight is 428 g/mol. The van der Waals surface area contributed by atoms with Gasteiger partial charge in [-0.1, -0.05) is 13.8 Å². The zero-order chi connectivity index (χ0) is 22.1. The number of aliphatic hydroxyl groups is 1. The highest BCUT2D eigenvalue weighted by Crippen LogP contribution is 2.37. The number of halogens is 3. The molecule has 8 heteroatoms. The molecule has 30 heavy (non-hydrogen) atoms. The van der Waals surface area contributed by atoms with E-state index in [0.717, 1.165) is 37.6 Å². The lowest BCUT2D eigenvalue weighted by Crippen LogP contribution is -2.35. The molecule has 168 valence electrons. The van der Waals surface area contributed by atoms with Crippen LogP contribution in [0.1, 0.15) is 57.1 Å². The van der Waals surface area contributed by atoms with Crippen LogP contribution in [0.25, 0.3) is 0 Å². The molecule has 0 aliphatic carbocycles. The van der Waals surface area contributed by atoms with Crippen molar-refractivity contribution in [2.24, 2.45) is 15.9 Å². The summed E-state index contributed by atoms with van der Waals surface area (Å²) in [7, 11) is 1.54. The number of nitrogens with zero attached hydrogens (tertiary/aromatic N) is 2. The first kappa shape index (κ1) is 24.3. The summed E-state index contributed by atoms with van der Waals surface area (Å²) < 4.78 is 46.3. The fourth-order valence-corrected chi connectivity index (χ4v) is 3.46. The lowest BCUT2D eigenvalue weighted by Gasteiger charge is -2.20. The summed E-state index contributed by atoms with van der Waals surface area (Å²) in [5.41, 5.74) is 0.407. The van der Waals surface area contributed by atoms with Crippen molar-refractivity contribution in [2.45, 2.75) is 58.2 Å². The van der Waals surface area contributed by atoms with E-state index in [-0.39, 0.29) is 36.8 Å². The Kier molecular flexibility index (Phi) is 9.30.